The Morgan fingerprint density at radius 2 is 1.87 bits per heavy atom. The van der Waals surface area contributed by atoms with E-state index in [1.807, 2.05) is 59.5 Å². The lowest BCUT2D eigenvalue weighted by Crippen LogP contribution is -2.43. The number of pyridine rings is 1. The summed E-state index contributed by atoms with van der Waals surface area (Å²) in [6.07, 6.45) is 5.04. The molecule has 2 heterocycles. The molecule has 5 heteroatoms. The Morgan fingerprint density at radius 1 is 1.10 bits per heavy atom. The summed E-state index contributed by atoms with van der Waals surface area (Å²) in [6, 6.07) is 21.9. The van der Waals surface area contributed by atoms with Gasteiger partial charge < -0.3 is 14.4 Å². The number of amides is 1. The first-order chi connectivity index (χ1) is 15.2. The minimum absolute atomic E-state index is 0.0495. The van der Waals surface area contributed by atoms with Crippen LogP contribution in [0.3, 0.4) is 0 Å². The Balaban J connectivity index is 1.43. The Labute approximate surface area is 183 Å². The molecular formula is C26H28N2O3. The molecule has 2 atom stereocenters. The van der Waals surface area contributed by atoms with Crippen molar-refractivity contribution in [2.24, 2.45) is 0 Å². The third-order valence-corrected chi connectivity index (χ3v) is 5.48. The lowest BCUT2D eigenvalue weighted by Gasteiger charge is -2.28. The summed E-state index contributed by atoms with van der Waals surface area (Å²) in [5.41, 5.74) is 3.26. The van der Waals surface area contributed by atoms with Crippen LogP contribution in [0.25, 0.3) is 11.1 Å². The van der Waals surface area contributed by atoms with Crippen molar-refractivity contribution < 1.29 is 14.3 Å². The van der Waals surface area contributed by atoms with Crippen molar-refractivity contribution in [3.63, 3.8) is 0 Å². The summed E-state index contributed by atoms with van der Waals surface area (Å²) in [5, 5.41) is 0. The van der Waals surface area contributed by atoms with E-state index in [4.69, 9.17) is 9.47 Å². The van der Waals surface area contributed by atoms with E-state index < -0.39 is 6.10 Å². The Hall–Kier alpha value is -3.18. The quantitative estimate of drug-likeness (QED) is 0.533. The molecular weight excluding hydrogens is 388 g/mol. The molecule has 2 aromatic carbocycles. The van der Waals surface area contributed by atoms with E-state index in [1.165, 1.54) is 0 Å². The van der Waals surface area contributed by atoms with Gasteiger partial charge in [0.2, 0.25) is 0 Å². The Kier molecular flexibility index (Phi) is 6.95. The van der Waals surface area contributed by atoms with E-state index in [0.29, 0.717) is 18.8 Å². The monoisotopic (exact) mass is 416 g/mol. The highest BCUT2D eigenvalue weighted by Crippen LogP contribution is 2.23. The topological polar surface area (TPSA) is 51.7 Å². The molecule has 3 aromatic rings. The zero-order valence-corrected chi connectivity index (χ0v) is 17.8. The summed E-state index contributed by atoms with van der Waals surface area (Å²) in [5.74, 6) is 0.630. The molecule has 0 radical (unpaired) electrons. The molecule has 0 spiro atoms. The molecule has 0 unspecified atom stereocenters. The number of carbonyl (C=O) groups is 1. The molecule has 1 saturated heterocycles. The van der Waals surface area contributed by atoms with Gasteiger partial charge in [0, 0.05) is 32.1 Å². The van der Waals surface area contributed by atoms with Gasteiger partial charge in [0.1, 0.15) is 5.75 Å². The predicted octanol–water partition coefficient (Wildman–Crippen LogP) is 4.72. The van der Waals surface area contributed by atoms with Crippen LogP contribution in [-0.2, 0) is 16.1 Å². The maximum Gasteiger partial charge on any atom is 0.263 e. The van der Waals surface area contributed by atoms with Crippen molar-refractivity contribution in [3.8, 4) is 16.9 Å². The van der Waals surface area contributed by atoms with Crippen molar-refractivity contribution in [3.05, 3.63) is 84.7 Å². The first-order valence-electron chi connectivity index (χ1n) is 10.8. The summed E-state index contributed by atoms with van der Waals surface area (Å²) in [6.45, 7) is 3.63. The molecule has 1 aliphatic heterocycles. The number of aromatic nitrogens is 1. The SMILES string of the molecule is C[C@@H](Oc1ccc(-c2ccccc2)cc1)C(=O)N(Cc1cccnc1)C[C@H]1CCCO1. The highest BCUT2D eigenvalue weighted by molar-refractivity contribution is 5.81. The molecule has 1 amide bonds. The second kappa shape index (κ2) is 10.2. The van der Waals surface area contributed by atoms with Crippen LogP contribution >= 0.6 is 0 Å². The van der Waals surface area contributed by atoms with Gasteiger partial charge in [-0.2, -0.15) is 0 Å². The highest BCUT2D eigenvalue weighted by Gasteiger charge is 2.27. The van der Waals surface area contributed by atoms with Crippen molar-refractivity contribution in [1.82, 2.24) is 9.88 Å². The number of nitrogens with zero attached hydrogens (tertiary/aromatic N) is 2. The molecule has 0 saturated carbocycles. The molecule has 0 bridgehead atoms. The fraction of sp³-hybridized carbons (Fsp3) is 0.308. The van der Waals surface area contributed by atoms with Crippen LogP contribution in [0.4, 0.5) is 0 Å². The van der Waals surface area contributed by atoms with Gasteiger partial charge >= 0.3 is 0 Å². The summed E-state index contributed by atoms with van der Waals surface area (Å²) < 4.78 is 11.8. The van der Waals surface area contributed by atoms with Gasteiger partial charge in [-0.05, 0) is 54.7 Å². The molecule has 1 fully saturated rings. The predicted molar refractivity (Wildman–Crippen MR) is 121 cm³/mol. The largest absolute Gasteiger partial charge is 0.481 e. The van der Waals surface area contributed by atoms with Crippen LogP contribution in [0.2, 0.25) is 0 Å². The molecule has 1 aromatic heterocycles. The number of carbonyl (C=O) groups excluding carboxylic acids is 1. The minimum atomic E-state index is -0.597. The third-order valence-electron chi connectivity index (χ3n) is 5.48. The lowest BCUT2D eigenvalue weighted by atomic mass is 10.1. The van der Waals surface area contributed by atoms with Crippen LogP contribution in [0.1, 0.15) is 25.3 Å². The Morgan fingerprint density at radius 3 is 2.55 bits per heavy atom. The number of rotatable bonds is 8. The van der Waals surface area contributed by atoms with Gasteiger partial charge in [0.05, 0.1) is 6.10 Å². The number of benzene rings is 2. The van der Waals surface area contributed by atoms with Crippen molar-refractivity contribution in [2.45, 2.75) is 38.5 Å². The van der Waals surface area contributed by atoms with Crippen molar-refractivity contribution >= 4 is 5.91 Å². The fourth-order valence-electron chi connectivity index (χ4n) is 3.85. The molecule has 1 aliphatic rings. The summed E-state index contributed by atoms with van der Waals surface area (Å²) >= 11 is 0. The van der Waals surface area contributed by atoms with E-state index in [2.05, 4.69) is 17.1 Å². The van der Waals surface area contributed by atoms with Gasteiger partial charge in [-0.3, -0.25) is 9.78 Å². The van der Waals surface area contributed by atoms with E-state index in [0.717, 1.165) is 36.1 Å². The second-order valence-corrected chi connectivity index (χ2v) is 7.87. The molecule has 4 rings (SSSR count). The van der Waals surface area contributed by atoms with E-state index in [1.54, 1.807) is 19.3 Å². The summed E-state index contributed by atoms with van der Waals surface area (Å²) in [7, 11) is 0. The smallest absolute Gasteiger partial charge is 0.263 e. The summed E-state index contributed by atoms with van der Waals surface area (Å²) in [4.78, 5) is 19.3. The molecule has 0 aliphatic carbocycles. The van der Waals surface area contributed by atoms with Crippen LogP contribution in [-0.4, -0.2) is 41.2 Å². The van der Waals surface area contributed by atoms with E-state index in [9.17, 15) is 4.79 Å². The standard InChI is InChI=1S/C26H28N2O3/c1-20(31-24-13-11-23(12-14-24)22-8-3-2-4-9-22)26(29)28(19-25-10-6-16-30-25)18-21-7-5-15-27-17-21/h2-5,7-9,11-15,17,20,25H,6,10,16,18-19H2,1H3/t20-,25-/m1/s1. The number of hydrogen-bond donors (Lipinski definition) is 0. The minimum Gasteiger partial charge on any atom is -0.481 e. The molecule has 31 heavy (non-hydrogen) atoms. The molecule has 160 valence electrons. The van der Waals surface area contributed by atoms with Gasteiger partial charge in [-0.15, -0.1) is 0 Å². The van der Waals surface area contributed by atoms with Gasteiger partial charge in [-0.1, -0.05) is 48.5 Å². The number of ether oxygens (including phenoxy) is 2. The van der Waals surface area contributed by atoms with Gasteiger partial charge in [-0.25, -0.2) is 0 Å². The first-order valence-corrected chi connectivity index (χ1v) is 10.8. The molecule has 0 N–H and O–H groups in total. The maximum atomic E-state index is 13.3. The maximum absolute atomic E-state index is 13.3. The lowest BCUT2D eigenvalue weighted by molar-refractivity contribution is -0.140. The van der Waals surface area contributed by atoms with Crippen LogP contribution in [0, 0.1) is 0 Å². The second-order valence-electron chi connectivity index (χ2n) is 7.87. The average Bonchev–Trinajstić information content (AvgIpc) is 3.33. The van der Waals surface area contributed by atoms with E-state index in [-0.39, 0.29) is 12.0 Å². The third kappa shape index (κ3) is 5.70. The Bertz CT molecular complexity index is 955. The molecule has 5 nitrogen and oxygen atoms in total. The van der Waals surface area contributed by atoms with Crippen LogP contribution in [0.15, 0.2) is 79.1 Å². The first kappa shape index (κ1) is 21.1. The highest BCUT2D eigenvalue weighted by atomic mass is 16.5. The fourth-order valence-corrected chi connectivity index (χ4v) is 3.85. The zero-order chi connectivity index (χ0) is 21.5. The van der Waals surface area contributed by atoms with Gasteiger partial charge in [0.15, 0.2) is 6.10 Å². The zero-order valence-electron chi connectivity index (χ0n) is 17.8. The van der Waals surface area contributed by atoms with Crippen LogP contribution in [0.5, 0.6) is 5.75 Å². The van der Waals surface area contributed by atoms with Crippen LogP contribution < -0.4 is 4.74 Å². The van der Waals surface area contributed by atoms with Gasteiger partial charge in [0.25, 0.3) is 5.91 Å². The van der Waals surface area contributed by atoms with Crippen molar-refractivity contribution in [2.75, 3.05) is 13.2 Å². The number of hydrogen-bond acceptors (Lipinski definition) is 4. The average molecular weight is 417 g/mol. The normalized spacial score (nSPS) is 16.6. The van der Waals surface area contributed by atoms with E-state index >= 15 is 0 Å². The van der Waals surface area contributed by atoms with Crippen molar-refractivity contribution in [1.29, 1.82) is 0 Å².